The number of rotatable bonds is 7. The van der Waals surface area contributed by atoms with Crippen LogP contribution >= 0.6 is 0 Å². The molecule has 1 saturated carbocycles. The Morgan fingerprint density at radius 2 is 2.00 bits per heavy atom. The van der Waals surface area contributed by atoms with Crippen molar-refractivity contribution < 1.29 is 19.7 Å². The van der Waals surface area contributed by atoms with E-state index in [1.165, 1.54) is 0 Å². The van der Waals surface area contributed by atoms with Crippen LogP contribution in [0.25, 0.3) is 0 Å². The van der Waals surface area contributed by atoms with Gasteiger partial charge >= 0.3 is 0 Å². The molecule has 2 rings (SSSR count). The van der Waals surface area contributed by atoms with E-state index >= 15 is 0 Å². The maximum atomic E-state index is 10.9. The van der Waals surface area contributed by atoms with Gasteiger partial charge in [-0.1, -0.05) is 20.8 Å². The lowest BCUT2D eigenvalue weighted by Gasteiger charge is -2.37. The summed E-state index contributed by atoms with van der Waals surface area (Å²) in [6.07, 6.45) is 11.4. The zero-order valence-electron chi connectivity index (χ0n) is 15.4. The number of carbonyl (C=O) groups is 1. The van der Waals surface area contributed by atoms with Gasteiger partial charge in [-0.15, -0.1) is 12.3 Å². The molecule has 4 heteroatoms. The molecule has 2 N–H and O–H groups in total. The second kappa shape index (κ2) is 10.9. The van der Waals surface area contributed by atoms with Crippen LogP contribution in [0.1, 0.15) is 65.7 Å². The number of terminal acetylenes is 1. The van der Waals surface area contributed by atoms with Crippen LogP contribution in [0, 0.1) is 30.1 Å². The Hall–Kier alpha value is -0.890. The molecule has 1 heterocycles. The topological polar surface area (TPSA) is 66.8 Å². The summed E-state index contributed by atoms with van der Waals surface area (Å²) >= 11 is 0. The number of aliphatic hydroxyl groups excluding tert-OH is 2. The first-order valence-electron chi connectivity index (χ1n) is 9.32. The molecule has 138 valence electrons. The number of hydrogen-bond acceptors (Lipinski definition) is 4. The van der Waals surface area contributed by atoms with Crippen molar-refractivity contribution in [3.05, 3.63) is 0 Å². The van der Waals surface area contributed by atoms with E-state index in [1.807, 2.05) is 20.8 Å². The molecule has 0 spiro atoms. The van der Waals surface area contributed by atoms with Gasteiger partial charge in [0.2, 0.25) is 0 Å². The highest BCUT2D eigenvalue weighted by molar-refractivity contribution is 5.84. The SMILES string of the molecule is C#CCCCCC1CC(C)C(O)C(CO)O1.CC(C)C(=O)C1CC1. The third-order valence-electron chi connectivity index (χ3n) is 4.79. The van der Waals surface area contributed by atoms with Gasteiger partial charge in [-0.2, -0.15) is 0 Å². The van der Waals surface area contributed by atoms with Crippen molar-refractivity contribution in [3.63, 3.8) is 0 Å². The number of ether oxygens (including phenoxy) is 1. The number of aliphatic hydroxyl groups is 2. The highest BCUT2D eigenvalue weighted by Crippen LogP contribution is 2.32. The molecule has 0 amide bonds. The Kier molecular flexibility index (Phi) is 9.58. The summed E-state index contributed by atoms with van der Waals surface area (Å²) in [6, 6.07) is 0. The van der Waals surface area contributed by atoms with E-state index in [0.29, 0.717) is 11.7 Å². The third-order valence-corrected chi connectivity index (χ3v) is 4.79. The second-order valence-corrected chi connectivity index (χ2v) is 7.46. The summed E-state index contributed by atoms with van der Waals surface area (Å²) in [4.78, 5) is 10.9. The first-order valence-corrected chi connectivity index (χ1v) is 9.32. The molecule has 1 aliphatic heterocycles. The zero-order chi connectivity index (χ0) is 18.1. The molecule has 4 nitrogen and oxygen atoms in total. The number of Topliss-reactive ketones (excluding diaryl/α,β-unsaturated/α-hetero) is 1. The predicted molar refractivity (Wildman–Crippen MR) is 95.4 cm³/mol. The van der Waals surface area contributed by atoms with E-state index in [-0.39, 0.29) is 24.5 Å². The summed E-state index contributed by atoms with van der Waals surface area (Å²) in [5, 5.41) is 18.8. The standard InChI is InChI=1S/C13H22O3.C7H12O/c1-3-4-5-6-7-11-8-10(2)13(15)12(9-14)16-11;1-5(2)7(8)6-3-4-6/h1,10-15H,4-9H2,2H3;5-6H,3-4H2,1-2H3. The Balaban J connectivity index is 0.000000300. The summed E-state index contributed by atoms with van der Waals surface area (Å²) in [7, 11) is 0. The number of ketones is 1. The minimum absolute atomic E-state index is 0.105. The van der Waals surface area contributed by atoms with Crippen molar-refractivity contribution in [2.24, 2.45) is 17.8 Å². The molecule has 0 radical (unpaired) electrons. The second-order valence-electron chi connectivity index (χ2n) is 7.46. The van der Waals surface area contributed by atoms with Gasteiger partial charge in [0.15, 0.2) is 0 Å². The summed E-state index contributed by atoms with van der Waals surface area (Å²) in [6.45, 7) is 5.85. The van der Waals surface area contributed by atoms with Crippen LogP contribution in [-0.4, -0.2) is 40.9 Å². The molecular formula is C20H34O4. The van der Waals surface area contributed by atoms with Crippen molar-refractivity contribution in [2.45, 2.75) is 84.0 Å². The minimum atomic E-state index is -0.535. The number of unbranched alkanes of at least 4 members (excludes halogenated alkanes) is 2. The van der Waals surface area contributed by atoms with E-state index in [2.05, 4.69) is 5.92 Å². The van der Waals surface area contributed by atoms with Crippen LogP contribution in [0.15, 0.2) is 0 Å². The third kappa shape index (κ3) is 7.34. The van der Waals surface area contributed by atoms with Crippen molar-refractivity contribution >= 4 is 5.78 Å². The van der Waals surface area contributed by atoms with Crippen LogP contribution in [0.4, 0.5) is 0 Å². The Labute approximate surface area is 147 Å². The predicted octanol–water partition coefficient (Wildman–Crippen LogP) is 2.95. The van der Waals surface area contributed by atoms with Crippen molar-refractivity contribution in [3.8, 4) is 12.3 Å². The van der Waals surface area contributed by atoms with Gasteiger partial charge in [0.25, 0.3) is 0 Å². The van der Waals surface area contributed by atoms with Gasteiger partial charge in [0.05, 0.1) is 18.8 Å². The van der Waals surface area contributed by atoms with Crippen LogP contribution < -0.4 is 0 Å². The van der Waals surface area contributed by atoms with Crippen LogP contribution in [-0.2, 0) is 9.53 Å². The fraction of sp³-hybridized carbons (Fsp3) is 0.850. The summed E-state index contributed by atoms with van der Waals surface area (Å²) in [5.41, 5.74) is 0. The van der Waals surface area contributed by atoms with E-state index in [1.54, 1.807) is 0 Å². The van der Waals surface area contributed by atoms with E-state index in [0.717, 1.165) is 44.9 Å². The smallest absolute Gasteiger partial charge is 0.138 e. The Bertz CT molecular complexity index is 404. The molecule has 24 heavy (non-hydrogen) atoms. The molecule has 2 aliphatic rings. The normalized spacial score (nSPS) is 29.5. The highest BCUT2D eigenvalue weighted by Gasteiger charge is 2.34. The Morgan fingerprint density at radius 3 is 2.46 bits per heavy atom. The van der Waals surface area contributed by atoms with E-state index in [9.17, 15) is 9.90 Å². The van der Waals surface area contributed by atoms with Crippen LogP contribution in [0.2, 0.25) is 0 Å². The van der Waals surface area contributed by atoms with Gasteiger partial charge in [0.1, 0.15) is 11.9 Å². The molecule has 2 fully saturated rings. The number of carbonyl (C=O) groups excluding carboxylic acids is 1. The van der Waals surface area contributed by atoms with Gasteiger partial charge in [-0.25, -0.2) is 0 Å². The summed E-state index contributed by atoms with van der Waals surface area (Å²) in [5.74, 6) is 4.00. The first-order chi connectivity index (χ1) is 11.4. The van der Waals surface area contributed by atoms with Crippen LogP contribution in [0.5, 0.6) is 0 Å². The highest BCUT2D eigenvalue weighted by atomic mass is 16.5. The number of hydrogen-bond donors (Lipinski definition) is 2. The maximum Gasteiger partial charge on any atom is 0.138 e. The molecular weight excluding hydrogens is 304 g/mol. The van der Waals surface area contributed by atoms with E-state index in [4.69, 9.17) is 16.3 Å². The lowest BCUT2D eigenvalue weighted by Crippen LogP contribution is -2.45. The molecule has 0 aromatic rings. The molecule has 0 aromatic heterocycles. The summed E-state index contributed by atoms with van der Waals surface area (Å²) < 4.78 is 5.65. The molecule has 4 atom stereocenters. The molecule has 1 aliphatic carbocycles. The molecule has 1 saturated heterocycles. The molecule has 4 unspecified atom stereocenters. The van der Waals surface area contributed by atoms with Crippen molar-refractivity contribution in [2.75, 3.05) is 6.61 Å². The average molecular weight is 338 g/mol. The lowest BCUT2D eigenvalue weighted by atomic mass is 9.89. The van der Waals surface area contributed by atoms with Gasteiger partial charge < -0.3 is 14.9 Å². The fourth-order valence-electron chi connectivity index (χ4n) is 3.08. The zero-order valence-corrected chi connectivity index (χ0v) is 15.4. The van der Waals surface area contributed by atoms with Crippen LogP contribution in [0.3, 0.4) is 0 Å². The van der Waals surface area contributed by atoms with Gasteiger partial charge in [-0.05, 0) is 44.4 Å². The lowest BCUT2D eigenvalue weighted by molar-refractivity contribution is -0.157. The quantitative estimate of drug-likeness (QED) is 0.553. The van der Waals surface area contributed by atoms with Crippen molar-refractivity contribution in [1.82, 2.24) is 0 Å². The van der Waals surface area contributed by atoms with Crippen molar-refractivity contribution in [1.29, 1.82) is 0 Å². The Morgan fingerprint density at radius 1 is 1.33 bits per heavy atom. The van der Waals surface area contributed by atoms with Gasteiger partial charge in [0, 0.05) is 18.3 Å². The van der Waals surface area contributed by atoms with E-state index < -0.39 is 12.2 Å². The average Bonchev–Trinajstić information content (AvgIpc) is 3.39. The maximum absolute atomic E-state index is 10.9. The largest absolute Gasteiger partial charge is 0.394 e. The fourth-order valence-corrected chi connectivity index (χ4v) is 3.08. The molecule has 0 aromatic carbocycles. The molecule has 0 bridgehead atoms. The monoisotopic (exact) mass is 338 g/mol. The first kappa shape index (κ1) is 21.2. The minimum Gasteiger partial charge on any atom is -0.394 e. The van der Waals surface area contributed by atoms with Gasteiger partial charge in [-0.3, -0.25) is 4.79 Å².